The Kier molecular flexibility index (Phi) is 6.00. The van der Waals surface area contributed by atoms with Gasteiger partial charge >= 0.3 is 0 Å². The van der Waals surface area contributed by atoms with Crippen molar-refractivity contribution in [2.75, 3.05) is 32.5 Å². The molecule has 2 N–H and O–H groups in total. The van der Waals surface area contributed by atoms with Crippen LogP contribution in [-0.2, 0) is 4.79 Å². The van der Waals surface area contributed by atoms with Crippen LogP contribution in [0.15, 0.2) is 59.5 Å². The van der Waals surface area contributed by atoms with E-state index in [2.05, 4.69) is 12.1 Å². The van der Waals surface area contributed by atoms with E-state index in [1.807, 2.05) is 47.4 Å². The summed E-state index contributed by atoms with van der Waals surface area (Å²) >= 11 is 1.55. The van der Waals surface area contributed by atoms with Crippen molar-refractivity contribution in [2.24, 2.45) is 11.7 Å². The normalized spacial score (nSPS) is 19.8. The lowest BCUT2D eigenvalue weighted by Crippen LogP contribution is -2.31. The minimum atomic E-state index is 0.171. The highest BCUT2D eigenvalue weighted by atomic mass is 32.2. The van der Waals surface area contributed by atoms with Crippen LogP contribution in [0.3, 0.4) is 0 Å². The highest BCUT2D eigenvalue weighted by Crippen LogP contribution is 2.33. The second-order valence-corrected chi connectivity index (χ2v) is 7.33. The number of benzene rings is 2. The van der Waals surface area contributed by atoms with Gasteiger partial charge in [-0.15, -0.1) is 11.8 Å². The molecule has 0 spiro atoms. The van der Waals surface area contributed by atoms with Crippen LogP contribution >= 0.6 is 11.8 Å². The minimum Gasteiger partial charge on any atom is -0.497 e. The third kappa shape index (κ3) is 4.35. The van der Waals surface area contributed by atoms with Crippen molar-refractivity contribution < 1.29 is 9.53 Å². The van der Waals surface area contributed by atoms with Gasteiger partial charge in [0.2, 0.25) is 5.91 Å². The molecule has 0 aromatic heterocycles. The average molecular weight is 356 g/mol. The van der Waals surface area contributed by atoms with Gasteiger partial charge in [0.15, 0.2) is 0 Å². The van der Waals surface area contributed by atoms with Crippen molar-refractivity contribution in [1.82, 2.24) is 4.90 Å². The summed E-state index contributed by atoms with van der Waals surface area (Å²) in [6.07, 6.45) is 0. The van der Waals surface area contributed by atoms with Crippen molar-refractivity contribution in [3.63, 3.8) is 0 Å². The van der Waals surface area contributed by atoms with Crippen LogP contribution in [0.4, 0.5) is 0 Å². The molecule has 0 unspecified atom stereocenters. The first kappa shape index (κ1) is 17.8. The van der Waals surface area contributed by atoms with Crippen LogP contribution in [0.25, 0.3) is 0 Å². The van der Waals surface area contributed by atoms with Gasteiger partial charge in [-0.2, -0.15) is 0 Å². The molecule has 5 heteroatoms. The number of rotatable bonds is 6. The number of methoxy groups -OCH3 is 1. The Balaban J connectivity index is 1.61. The zero-order valence-corrected chi connectivity index (χ0v) is 15.2. The molecule has 4 nitrogen and oxygen atoms in total. The molecule has 0 aliphatic carbocycles. The number of ether oxygens (including phenoxy) is 1. The van der Waals surface area contributed by atoms with Gasteiger partial charge in [-0.3, -0.25) is 4.79 Å². The first-order valence-electron chi connectivity index (χ1n) is 8.51. The molecule has 1 amide bonds. The van der Waals surface area contributed by atoms with E-state index in [1.54, 1.807) is 18.9 Å². The van der Waals surface area contributed by atoms with Crippen molar-refractivity contribution in [1.29, 1.82) is 0 Å². The number of nitrogens with zero attached hydrogens (tertiary/aromatic N) is 1. The van der Waals surface area contributed by atoms with Gasteiger partial charge in [-0.05, 0) is 36.2 Å². The summed E-state index contributed by atoms with van der Waals surface area (Å²) in [4.78, 5) is 15.6. The van der Waals surface area contributed by atoms with E-state index < -0.39 is 0 Å². The molecule has 0 saturated carbocycles. The van der Waals surface area contributed by atoms with Gasteiger partial charge in [0.25, 0.3) is 0 Å². The Morgan fingerprint density at radius 2 is 2.00 bits per heavy atom. The van der Waals surface area contributed by atoms with E-state index in [9.17, 15) is 4.79 Å². The van der Waals surface area contributed by atoms with E-state index in [1.165, 1.54) is 5.56 Å². The zero-order chi connectivity index (χ0) is 17.6. The third-order valence-corrected chi connectivity index (χ3v) is 5.71. The summed E-state index contributed by atoms with van der Waals surface area (Å²) in [7, 11) is 1.65. The van der Waals surface area contributed by atoms with E-state index in [0.29, 0.717) is 24.1 Å². The van der Waals surface area contributed by atoms with Crippen LogP contribution in [0, 0.1) is 5.92 Å². The average Bonchev–Trinajstić information content (AvgIpc) is 3.11. The van der Waals surface area contributed by atoms with Crippen LogP contribution in [0.5, 0.6) is 5.75 Å². The van der Waals surface area contributed by atoms with Crippen LogP contribution in [-0.4, -0.2) is 43.3 Å². The maximum absolute atomic E-state index is 12.6. The fourth-order valence-electron chi connectivity index (χ4n) is 3.32. The predicted molar refractivity (Wildman–Crippen MR) is 102 cm³/mol. The molecule has 3 rings (SSSR count). The van der Waals surface area contributed by atoms with E-state index in [0.717, 1.165) is 23.7 Å². The summed E-state index contributed by atoms with van der Waals surface area (Å²) in [5.41, 5.74) is 7.24. The monoisotopic (exact) mass is 356 g/mol. The highest BCUT2D eigenvalue weighted by molar-refractivity contribution is 8.00. The molecule has 0 bridgehead atoms. The number of carbonyl (C=O) groups is 1. The molecular formula is C20H24N2O2S. The Labute approximate surface area is 153 Å². The third-order valence-electron chi connectivity index (χ3n) is 4.73. The van der Waals surface area contributed by atoms with Crippen molar-refractivity contribution in [3.8, 4) is 5.75 Å². The molecule has 2 aromatic rings. The fourth-order valence-corrected chi connectivity index (χ4v) is 4.17. The maximum atomic E-state index is 12.6. The topological polar surface area (TPSA) is 55.6 Å². The standard InChI is InChI=1S/C20H24N2O2S/c1-24-17-8-5-9-18(10-17)25-14-20(23)22-12-16(11-21)19(13-22)15-6-3-2-4-7-15/h2-10,16,19H,11-14,21H2,1H3/t16-,19+/m1/s1. The Morgan fingerprint density at radius 3 is 2.72 bits per heavy atom. The Bertz CT molecular complexity index is 708. The molecule has 0 radical (unpaired) electrons. The molecule has 1 aliphatic rings. The first-order valence-corrected chi connectivity index (χ1v) is 9.49. The smallest absolute Gasteiger partial charge is 0.232 e. The number of hydrogen-bond donors (Lipinski definition) is 1. The van der Waals surface area contributed by atoms with Crippen molar-refractivity contribution in [3.05, 3.63) is 60.2 Å². The maximum Gasteiger partial charge on any atom is 0.232 e. The van der Waals surface area contributed by atoms with E-state index >= 15 is 0 Å². The van der Waals surface area contributed by atoms with Gasteiger partial charge in [0.1, 0.15) is 5.75 Å². The molecule has 2 aromatic carbocycles. The summed E-state index contributed by atoms with van der Waals surface area (Å²) in [5.74, 6) is 2.08. The quantitative estimate of drug-likeness (QED) is 0.809. The number of amides is 1. The summed E-state index contributed by atoms with van der Waals surface area (Å²) in [5, 5.41) is 0. The second-order valence-electron chi connectivity index (χ2n) is 6.28. The number of thioether (sulfide) groups is 1. The highest BCUT2D eigenvalue weighted by Gasteiger charge is 2.34. The summed E-state index contributed by atoms with van der Waals surface area (Å²) in [6.45, 7) is 2.10. The molecule has 1 heterocycles. The van der Waals surface area contributed by atoms with Gasteiger partial charge in [0.05, 0.1) is 12.9 Å². The number of nitrogens with two attached hydrogens (primary N) is 1. The predicted octanol–water partition coefficient (Wildman–Crippen LogP) is 2.99. The lowest BCUT2D eigenvalue weighted by atomic mass is 9.89. The molecule has 132 valence electrons. The lowest BCUT2D eigenvalue weighted by molar-refractivity contribution is -0.127. The fraction of sp³-hybridized carbons (Fsp3) is 0.350. The SMILES string of the molecule is COc1cccc(SCC(=O)N2C[C@@H](CN)[C@H](c3ccccc3)C2)c1. The van der Waals surface area contributed by atoms with Crippen LogP contribution in [0.2, 0.25) is 0 Å². The largest absolute Gasteiger partial charge is 0.497 e. The molecule has 1 fully saturated rings. The minimum absolute atomic E-state index is 0.171. The zero-order valence-electron chi connectivity index (χ0n) is 14.4. The molecular weight excluding hydrogens is 332 g/mol. The van der Waals surface area contributed by atoms with Gasteiger partial charge < -0.3 is 15.4 Å². The van der Waals surface area contributed by atoms with E-state index in [4.69, 9.17) is 10.5 Å². The Hall–Kier alpha value is -1.98. The molecule has 1 aliphatic heterocycles. The number of carbonyl (C=O) groups excluding carboxylic acids is 1. The van der Waals surface area contributed by atoms with Gasteiger partial charge in [-0.1, -0.05) is 36.4 Å². The van der Waals surface area contributed by atoms with Gasteiger partial charge in [0, 0.05) is 23.9 Å². The molecule has 1 saturated heterocycles. The van der Waals surface area contributed by atoms with Gasteiger partial charge in [-0.25, -0.2) is 0 Å². The van der Waals surface area contributed by atoms with Crippen LogP contribution < -0.4 is 10.5 Å². The Morgan fingerprint density at radius 1 is 1.20 bits per heavy atom. The van der Waals surface area contributed by atoms with E-state index in [-0.39, 0.29) is 5.91 Å². The van der Waals surface area contributed by atoms with Crippen molar-refractivity contribution >= 4 is 17.7 Å². The number of likely N-dealkylation sites (tertiary alicyclic amines) is 1. The van der Waals surface area contributed by atoms with Crippen molar-refractivity contribution in [2.45, 2.75) is 10.8 Å². The summed E-state index contributed by atoms with van der Waals surface area (Å²) in [6, 6.07) is 18.2. The number of hydrogen-bond acceptors (Lipinski definition) is 4. The molecule has 25 heavy (non-hydrogen) atoms. The lowest BCUT2D eigenvalue weighted by Gasteiger charge is -2.17. The van der Waals surface area contributed by atoms with Crippen LogP contribution in [0.1, 0.15) is 11.5 Å². The first-order chi connectivity index (χ1) is 12.2. The molecule has 2 atom stereocenters. The second kappa shape index (κ2) is 8.41. The summed E-state index contributed by atoms with van der Waals surface area (Å²) < 4.78 is 5.23.